The quantitative estimate of drug-likeness (QED) is 0.174. The van der Waals surface area contributed by atoms with Crippen molar-refractivity contribution < 1.29 is 28.5 Å². The molecule has 0 amide bonds. The van der Waals surface area contributed by atoms with E-state index in [1.54, 1.807) is 11.8 Å². The van der Waals surface area contributed by atoms with Gasteiger partial charge in [0.15, 0.2) is 0 Å². The highest BCUT2D eigenvalue weighted by Gasteiger charge is 2.48. The van der Waals surface area contributed by atoms with Crippen molar-refractivity contribution in [3.05, 3.63) is 108 Å². The zero-order valence-corrected chi connectivity index (χ0v) is 23.6. The van der Waals surface area contributed by atoms with Crippen molar-refractivity contribution in [1.82, 2.24) is 0 Å². The van der Waals surface area contributed by atoms with E-state index in [1.807, 2.05) is 91.0 Å². The van der Waals surface area contributed by atoms with Crippen LogP contribution in [0.1, 0.15) is 23.6 Å². The van der Waals surface area contributed by atoms with E-state index in [0.29, 0.717) is 19.8 Å². The van der Waals surface area contributed by atoms with E-state index in [0.717, 1.165) is 22.4 Å². The Bertz CT molecular complexity index is 1100. The Hall–Kier alpha value is -2.39. The molecule has 0 aromatic heterocycles. The Labute approximate surface area is 239 Å². The van der Waals surface area contributed by atoms with Crippen LogP contribution in [0, 0.1) is 0 Å². The summed E-state index contributed by atoms with van der Waals surface area (Å²) in [5, 5.41) is 0. The number of thioether (sulfide) groups is 1. The van der Waals surface area contributed by atoms with Gasteiger partial charge in [-0.1, -0.05) is 97.9 Å². The maximum atomic E-state index is 12.0. The van der Waals surface area contributed by atoms with Gasteiger partial charge in [-0.15, -0.1) is 23.4 Å². The lowest BCUT2D eigenvalue weighted by Crippen LogP contribution is -2.60. The van der Waals surface area contributed by atoms with Gasteiger partial charge in [-0.05, 0) is 22.4 Å². The summed E-state index contributed by atoms with van der Waals surface area (Å²) >= 11 is 7.33. The number of hydrogen-bond acceptors (Lipinski definition) is 7. The molecule has 208 valence electrons. The Morgan fingerprint density at radius 3 is 1.67 bits per heavy atom. The van der Waals surface area contributed by atoms with E-state index < -0.39 is 30.4 Å². The fourth-order valence-corrected chi connectivity index (χ4v) is 5.44. The molecule has 1 aliphatic heterocycles. The average Bonchev–Trinajstić information content (AvgIpc) is 2.99. The molecule has 3 aromatic carbocycles. The third-order valence-electron chi connectivity index (χ3n) is 6.30. The van der Waals surface area contributed by atoms with E-state index >= 15 is 0 Å². The highest BCUT2D eigenvalue weighted by Crippen LogP contribution is 2.35. The number of carbonyl (C=O) groups is 1. The predicted molar refractivity (Wildman–Crippen MR) is 154 cm³/mol. The number of rotatable bonds is 14. The number of hydrogen-bond donors (Lipinski definition) is 0. The second-order valence-corrected chi connectivity index (χ2v) is 10.7. The summed E-state index contributed by atoms with van der Waals surface area (Å²) in [7, 11) is 0. The van der Waals surface area contributed by atoms with Crippen LogP contribution < -0.4 is 0 Å². The van der Waals surface area contributed by atoms with Gasteiger partial charge < -0.3 is 23.7 Å². The molecule has 1 saturated heterocycles. The topological polar surface area (TPSA) is 63.2 Å². The van der Waals surface area contributed by atoms with Crippen molar-refractivity contribution in [2.24, 2.45) is 0 Å². The maximum Gasteiger partial charge on any atom is 0.320 e. The summed E-state index contributed by atoms with van der Waals surface area (Å²) in [6.45, 7) is 3.19. The largest absolute Gasteiger partial charge is 0.462 e. The summed E-state index contributed by atoms with van der Waals surface area (Å²) in [6, 6.07) is 29.9. The van der Waals surface area contributed by atoms with Crippen molar-refractivity contribution in [2.45, 2.75) is 56.6 Å². The first-order valence-electron chi connectivity index (χ1n) is 13.1. The average molecular weight is 571 g/mol. The second kappa shape index (κ2) is 16.0. The number of esters is 1. The highest BCUT2D eigenvalue weighted by molar-refractivity contribution is 7.99. The molecule has 0 radical (unpaired) electrons. The van der Waals surface area contributed by atoms with Crippen LogP contribution in [0.3, 0.4) is 0 Å². The SMILES string of the molecule is CCSC1O[C@H](COC(=O)CCl)[C@H](OCc2ccccc2)[C@H](OCc2ccccc2)[C@H]1OCc1ccccc1. The van der Waals surface area contributed by atoms with Crippen LogP contribution >= 0.6 is 23.4 Å². The third-order valence-corrected chi connectivity index (χ3v) is 7.56. The van der Waals surface area contributed by atoms with Crippen LogP contribution in [0.4, 0.5) is 0 Å². The molecule has 1 unspecified atom stereocenters. The lowest BCUT2D eigenvalue weighted by molar-refractivity contribution is -0.253. The van der Waals surface area contributed by atoms with Crippen molar-refractivity contribution in [2.75, 3.05) is 18.2 Å². The van der Waals surface area contributed by atoms with E-state index in [4.69, 9.17) is 35.3 Å². The molecule has 0 aliphatic carbocycles. The van der Waals surface area contributed by atoms with E-state index in [2.05, 4.69) is 6.92 Å². The first-order valence-corrected chi connectivity index (χ1v) is 14.7. The first-order chi connectivity index (χ1) is 19.2. The van der Waals surface area contributed by atoms with Gasteiger partial charge >= 0.3 is 5.97 Å². The van der Waals surface area contributed by atoms with Gasteiger partial charge in [-0.3, -0.25) is 4.79 Å². The summed E-state index contributed by atoms with van der Waals surface area (Å²) < 4.78 is 31.6. The Morgan fingerprint density at radius 1 is 0.744 bits per heavy atom. The minimum Gasteiger partial charge on any atom is -0.462 e. The van der Waals surface area contributed by atoms with Gasteiger partial charge in [0, 0.05) is 0 Å². The fraction of sp³-hybridized carbons (Fsp3) is 0.387. The van der Waals surface area contributed by atoms with Crippen molar-refractivity contribution in [1.29, 1.82) is 0 Å². The number of carbonyl (C=O) groups excluding carboxylic acids is 1. The molecule has 1 aliphatic rings. The smallest absolute Gasteiger partial charge is 0.320 e. The standard InChI is InChI=1S/C31H35ClO6S/c1-2-39-31-30(37-21-25-16-10-5-11-17-25)29(36-20-24-14-8-4-9-15-24)28(26(38-31)22-34-27(33)18-32)35-19-23-12-6-3-7-13-23/h3-17,26,28-31H,2,18-22H2,1H3/t26-,28+,29+,30-,31?/m1/s1. The van der Waals surface area contributed by atoms with E-state index in [1.165, 1.54) is 0 Å². The van der Waals surface area contributed by atoms with Gasteiger partial charge in [0.2, 0.25) is 0 Å². The minimum absolute atomic E-state index is 0.00237. The molecule has 0 saturated carbocycles. The number of alkyl halides is 1. The normalized spacial score (nSPS) is 22.9. The molecular formula is C31H35ClO6S. The van der Waals surface area contributed by atoms with Crippen LogP contribution in [-0.4, -0.2) is 54.1 Å². The van der Waals surface area contributed by atoms with Gasteiger partial charge in [0.25, 0.3) is 0 Å². The predicted octanol–water partition coefficient (Wildman–Crippen LogP) is 6.00. The van der Waals surface area contributed by atoms with Gasteiger partial charge in [0.1, 0.15) is 42.3 Å². The summed E-state index contributed by atoms with van der Waals surface area (Å²) in [5.41, 5.74) is 2.76. The van der Waals surface area contributed by atoms with E-state index in [9.17, 15) is 4.79 Å². The number of halogens is 1. The molecule has 0 bridgehead atoms. The molecule has 6 nitrogen and oxygen atoms in total. The zero-order chi connectivity index (χ0) is 27.3. The van der Waals surface area contributed by atoms with Gasteiger partial charge in [-0.25, -0.2) is 0 Å². The second-order valence-electron chi connectivity index (χ2n) is 9.10. The summed E-state index contributed by atoms with van der Waals surface area (Å²) in [5.74, 6) is 0.0721. The molecule has 1 fully saturated rings. The zero-order valence-electron chi connectivity index (χ0n) is 22.0. The first kappa shape index (κ1) is 29.6. The van der Waals surface area contributed by atoms with Crippen molar-refractivity contribution in [3.8, 4) is 0 Å². The molecule has 8 heteroatoms. The van der Waals surface area contributed by atoms with Crippen LogP contribution in [-0.2, 0) is 48.3 Å². The van der Waals surface area contributed by atoms with Crippen LogP contribution in [0.2, 0.25) is 0 Å². The van der Waals surface area contributed by atoms with Crippen LogP contribution in [0.25, 0.3) is 0 Å². The molecule has 1 heterocycles. The highest BCUT2D eigenvalue weighted by atomic mass is 35.5. The molecular weight excluding hydrogens is 536 g/mol. The fourth-order valence-electron chi connectivity index (χ4n) is 4.39. The monoisotopic (exact) mass is 570 g/mol. The summed E-state index contributed by atoms with van der Waals surface area (Å²) in [6.07, 6.45) is -2.05. The minimum atomic E-state index is -0.567. The van der Waals surface area contributed by atoms with Gasteiger partial charge in [-0.2, -0.15) is 0 Å². The molecule has 5 atom stereocenters. The molecule has 4 rings (SSSR count). The number of ether oxygens (including phenoxy) is 5. The van der Waals surface area contributed by atoms with E-state index in [-0.39, 0.29) is 17.9 Å². The Morgan fingerprint density at radius 2 is 1.21 bits per heavy atom. The lowest BCUT2D eigenvalue weighted by Gasteiger charge is -2.45. The Balaban J connectivity index is 1.62. The van der Waals surface area contributed by atoms with Crippen LogP contribution in [0.15, 0.2) is 91.0 Å². The number of benzene rings is 3. The van der Waals surface area contributed by atoms with Crippen molar-refractivity contribution in [3.63, 3.8) is 0 Å². The molecule has 39 heavy (non-hydrogen) atoms. The lowest BCUT2D eigenvalue weighted by atomic mass is 9.99. The van der Waals surface area contributed by atoms with Crippen molar-refractivity contribution >= 4 is 29.3 Å². The molecule has 3 aromatic rings. The third kappa shape index (κ3) is 9.07. The summed E-state index contributed by atoms with van der Waals surface area (Å²) in [4.78, 5) is 12.0. The Kier molecular flexibility index (Phi) is 12.2. The molecule has 0 spiro atoms. The van der Waals surface area contributed by atoms with Gasteiger partial charge in [0.05, 0.1) is 19.8 Å². The van der Waals surface area contributed by atoms with Crippen LogP contribution in [0.5, 0.6) is 0 Å². The molecule has 0 N–H and O–H groups in total. The maximum absolute atomic E-state index is 12.0.